The summed E-state index contributed by atoms with van der Waals surface area (Å²) in [5.74, 6) is 0. The molecular formula is C45H34N2. The third kappa shape index (κ3) is 4.33. The van der Waals surface area contributed by atoms with Gasteiger partial charge < -0.3 is 9.13 Å². The van der Waals surface area contributed by atoms with Crippen molar-refractivity contribution in [3.05, 3.63) is 169 Å². The number of nitrogens with zero attached hydrogens (tertiary/aromatic N) is 2. The number of fused-ring (bicyclic) bond motifs is 6. The lowest BCUT2D eigenvalue weighted by Crippen LogP contribution is -1.96. The molecule has 47 heavy (non-hydrogen) atoms. The Hall–Kier alpha value is -5.86. The molecule has 0 spiro atoms. The number of para-hydroxylation sites is 4. The summed E-state index contributed by atoms with van der Waals surface area (Å²) in [5.41, 5.74) is 15.1. The van der Waals surface area contributed by atoms with Gasteiger partial charge in [0.15, 0.2) is 0 Å². The van der Waals surface area contributed by atoms with E-state index in [1.165, 1.54) is 88.4 Å². The molecule has 0 radical (unpaired) electrons. The van der Waals surface area contributed by atoms with Gasteiger partial charge in [-0.05, 0) is 95.3 Å². The van der Waals surface area contributed by atoms with E-state index in [1.807, 2.05) is 0 Å². The number of rotatable bonds is 5. The Bertz CT molecular complexity index is 2490. The first-order chi connectivity index (χ1) is 23.2. The molecule has 0 unspecified atom stereocenters. The molecule has 7 aromatic carbocycles. The summed E-state index contributed by atoms with van der Waals surface area (Å²) >= 11 is 0. The van der Waals surface area contributed by atoms with Gasteiger partial charge in [0.2, 0.25) is 0 Å². The van der Waals surface area contributed by atoms with Gasteiger partial charge in [-0.1, -0.05) is 116 Å². The Labute approximate surface area is 274 Å². The lowest BCUT2D eigenvalue weighted by atomic mass is 9.90. The van der Waals surface area contributed by atoms with Crippen molar-refractivity contribution in [2.75, 3.05) is 0 Å². The van der Waals surface area contributed by atoms with Crippen molar-refractivity contribution in [3.63, 3.8) is 0 Å². The Balaban J connectivity index is 1.08. The Morgan fingerprint density at radius 2 is 0.766 bits per heavy atom. The summed E-state index contributed by atoms with van der Waals surface area (Å²) in [4.78, 5) is 0. The number of benzene rings is 7. The van der Waals surface area contributed by atoms with Crippen molar-refractivity contribution >= 4 is 43.6 Å². The maximum atomic E-state index is 2.40. The van der Waals surface area contributed by atoms with Crippen molar-refractivity contribution in [2.45, 2.75) is 20.3 Å². The zero-order chi connectivity index (χ0) is 31.5. The zero-order valence-electron chi connectivity index (χ0n) is 26.6. The molecule has 2 heteroatoms. The molecule has 0 aliphatic carbocycles. The van der Waals surface area contributed by atoms with Crippen molar-refractivity contribution in [3.8, 4) is 33.6 Å². The van der Waals surface area contributed by atoms with Crippen molar-refractivity contribution < 1.29 is 0 Å². The lowest BCUT2D eigenvalue weighted by molar-refractivity contribution is 1.14. The Kier molecular flexibility index (Phi) is 6.36. The summed E-state index contributed by atoms with van der Waals surface area (Å²) in [5, 5.41) is 5.15. The molecule has 0 amide bonds. The Morgan fingerprint density at radius 3 is 1.15 bits per heavy atom. The third-order valence-corrected chi connectivity index (χ3v) is 9.86. The maximum Gasteiger partial charge on any atom is 0.0541 e. The van der Waals surface area contributed by atoms with E-state index in [-0.39, 0.29) is 0 Å². The van der Waals surface area contributed by atoms with E-state index in [1.54, 1.807) is 0 Å². The van der Waals surface area contributed by atoms with Crippen LogP contribution in [0.15, 0.2) is 158 Å². The molecule has 2 aromatic heterocycles. The van der Waals surface area contributed by atoms with E-state index in [4.69, 9.17) is 0 Å². The van der Waals surface area contributed by atoms with E-state index in [0.29, 0.717) is 0 Å². The molecule has 2 heterocycles. The molecule has 0 saturated carbocycles. The zero-order valence-corrected chi connectivity index (χ0v) is 26.6. The standard InChI is InChI=1S/C45H34N2/c1-3-31-29-40(32-20-24-34(25-21-32)46-42-16-8-4-12-36(42)37-13-5-9-17-43(37)46)30(2)28-41(31)33-22-26-35(27-23-33)47-44-18-10-6-14-38(44)39-15-7-11-19-45(39)47/h4-29H,3H2,1-2H3. The highest BCUT2D eigenvalue weighted by molar-refractivity contribution is 6.10. The quantitative estimate of drug-likeness (QED) is 0.185. The minimum Gasteiger partial charge on any atom is -0.309 e. The number of aryl methyl sites for hydroxylation is 2. The fourth-order valence-electron chi connectivity index (χ4n) is 7.61. The number of hydrogen-bond acceptors (Lipinski definition) is 0. The molecule has 224 valence electrons. The monoisotopic (exact) mass is 602 g/mol. The highest BCUT2D eigenvalue weighted by Crippen LogP contribution is 2.37. The van der Waals surface area contributed by atoms with Gasteiger partial charge in [-0.15, -0.1) is 0 Å². The second kappa shape index (κ2) is 10.9. The minimum absolute atomic E-state index is 0.969. The second-order valence-corrected chi connectivity index (χ2v) is 12.5. The highest BCUT2D eigenvalue weighted by Gasteiger charge is 2.15. The molecule has 9 aromatic rings. The van der Waals surface area contributed by atoms with Crippen LogP contribution >= 0.6 is 0 Å². The van der Waals surface area contributed by atoms with Gasteiger partial charge in [0.05, 0.1) is 22.1 Å². The minimum atomic E-state index is 0.969. The van der Waals surface area contributed by atoms with Crippen LogP contribution in [0.3, 0.4) is 0 Å². The molecule has 0 fully saturated rings. The van der Waals surface area contributed by atoms with Crippen LogP contribution in [0.2, 0.25) is 0 Å². The molecule has 0 aliphatic heterocycles. The van der Waals surface area contributed by atoms with Crippen molar-refractivity contribution in [2.24, 2.45) is 0 Å². The second-order valence-electron chi connectivity index (χ2n) is 12.5. The Morgan fingerprint density at radius 1 is 0.404 bits per heavy atom. The van der Waals surface area contributed by atoms with Crippen molar-refractivity contribution in [1.29, 1.82) is 0 Å². The van der Waals surface area contributed by atoms with Gasteiger partial charge in [0.1, 0.15) is 0 Å². The average Bonchev–Trinajstić information content (AvgIpc) is 3.65. The third-order valence-electron chi connectivity index (χ3n) is 9.86. The molecule has 2 nitrogen and oxygen atoms in total. The molecule has 0 atom stereocenters. The highest BCUT2D eigenvalue weighted by atomic mass is 15.0. The number of hydrogen-bond donors (Lipinski definition) is 0. The molecule has 0 aliphatic rings. The van der Waals surface area contributed by atoms with Gasteiger partial charge in [-0.3, -0.25) is 0 Å². The summed E-state index contributed by atoms with van der Waals surface area (Å²) in [6.45, 7) is 4.50. The summed E-state index contributed by atoms with van der Waals surface area (Å²) < 4.78 is 4.76. The topological polar surface area (TPSA) is 9.86 Å². The smallest absolute Gasteiger partial charge is 0.0541 e. The first-order valence-corrected chi connectivity index (χ1v) is 16.5. The summed E-state index contributed by atoms with van der Waals surface area (Å²) in [7, 11) is 0. The van der Waals surface area contributed by atoms with Crippen LogP contribution in [-0.4, -0.2) is 9.13 Å². The van der Waals surface area contributed by atoms with Crippen LogP contribution in [0, 0.1) is 6.92 Å². The maximum absolute atomic E-state index is 2.40. The van der Waals surface area contributed by atoms with Crippen LogP contribution in [0.1, 0.15) is 18.1 Å². The van der Waals surface area contributed by atoms with Crippen LogP contribution in [-0.2, 0) is 6.42 Å². The SMILES string of the molecule is CCc1cc(-c2ccc(-n3c4ccccc4c4ccccc43)cc2)c(C)cc1-c1ccc(-n2c3ccccc3c3ccccc32)cc1. The fourth-order valence-corrected chi connectivity index (χ4v) is 7.61. The van der Waals surface area contributed by atoms with Crippen LogP contribution in [0.5, 0.6) is 0 Å². The molecule has 0 saturated heterocycles. The summed E-state index contributed by atoms with van der Waals surface area (Å²) in [6.07, 6.45) is 0.969. The number of aromatic nitrogens is 2. The van der Waals surface area contributed by atoms with Gasteiger partial charge >= 0.3 is 0 Å². The molecule has 9 rings (SSSR count). The first kappa shape index (κ1) is 27.5. The molecule has 0 bridgehead atoms. The molecular weight excluding hydrogens is 569 g/mol. The molecule has 0 N–H and O–H groups in total. The van der Waals surface area contributed by atoms with Crippen molar-refractivity contribution in [1.82, 2.24) is 9.13 Å². The van der Waals surface area contributed by atoms with Gasteiger partial charge in [-0.25, -0.2) is 0 Å². The lowest BCUT2D eigenvalue weighted by Gasteiger charge is -2.16. The van der Waals surface area contributed by atoms with Gasteiger partial charge in [0, 0.05) is 32.9 Å². The van der Waals surface area contributed by atoms with Gasteiger partial charge in [0.25, 0.3) is 0 Å². The van der Waals surface area contributed by atoms with E-state index < -0.39 is 0 Å². The van der Waals surface area contributed by atoms with E-state index in [0.717, 1.165) is 6.42 Å². The normalized spacial score (nSPS) is 11.7. The van der Waals surface area contributed by atoms with Crippen LogP contribution < -0.4 is 0 Å². The van der Waals surface area contributed by atoms with Crippen LogP contribution in [0.4, 0.5) is 0 Å². The predicted octanol–water partition coefficient (Wildman–Crippen LogP) is 12.1. The van der Waals surface area contributed by atoms with E-state index in [9.17, 15) is 0 Å². The van der Waals surface area contributed by atoms with Gasteiger partial charge in [-0.2, -0.15) is 0 Å². The van der Waals surface area contributed by atoms with Crippen LogP contribution in [0.25, 0.3) is 77.2 Å². The van der Waals surface area contributed by atoms with E-state index >= 15 is 0 Å². The van der Waals surface area contributed by atoms with E-state index in [2.05, 4.69) is 181 Å². The fraction of sp³-hybridized carbons (Fsp3) is 0.0667. The summed E-state index contributed by atoms with van der Waals surface area (Å²) in [6, 6.07) is 57.7. The predicted molar refractivity (Wildman–Crippen MR) is 200 cm³/mol. The average molecular weight is 603 g/mol. The first-order valence-electron chi connectivity index (χ1n) is 16.5. The largest absolute Gasteiger partial charge is 0.309 e.